The van der Waals surface area contributed by atoms with Crippen LogP contribution >= 0.6 is 27.5 Å². The van der Waals surface area contributed by atoms with Crippen LogP contribution in [0.2, 0.25) is 5.02 Å². The molecule has 1 heterocycles. The lowest BCUT2D eigenvalue weighted by Crippen LogP contribution is -2.36. The van der Waals surface area contributed by atoms with Gasteiger partial charge in [-0.25, -0.2) is 0 Å². The molecule has 0 aliphatic carbocycles. The van der Waals surface area contributed by atoms with Crippen molar-refractivity contribution in [1.29, 1.82) is 0 Å². The molecule has 1 aromatic rings. The molecule has 1 aliphatic heterocycles. The molecule has 0 bridgehead atoms. The molecule has 1 aromatic carbocycles. The number of amides is 1. The van der Waals surface area contributed by atoms with Gasteiger partial charge in [-0.2, -0.15) is 0 Å². The zero-order valence-electron chi connectivity index (χ0n) is 9.75. The number of benzene rings is 1. The molecule has 4 heteroatoms. The molecule has 2 rings (SSSR count). The molecule has 1 fully saturated rings. The molecule has 1 amide bonds. The lowest BCUT2D eigenvalue weighted by Gasteiger charge is -2.23. The fraction of sp³-hybridized carbons (Fsp3) is 0.462. The highest BCUT2D eigenvalue weighted by Crippen LogP contribution is 2.23. The van der Waals surface area contributed by atoms with Crippen molar-refractivity contribution in [3.8, 4) is 0 Å². The van der Waals surface area contributed by atoms with E-state index in [1.54, 1.807) is 6.07 Å². The van der Waals surface area contributed by atoms with E-state index < -0.39 is 0 Å². The van der Waals surface area contributed by atoms with E-state index in [1.807, 2.05) is 24.0 Å². The molecule has 92 valence electrons. The summed E-state index contributed by atoms with van der Waals surface area (Å²) in [4.78, 5) is 14.3. The van der Waals surface area contributed by atoms with Gasteiger partial charge in [0.1, 0.15) is 0 Å². The highest BCUT2D eigenvalue weighted by atomic mass is 79.9. The van der Waals surface area contributed by atoms with Gasteiger partial charge in [0.15, 0.2) is 0 Å². The van der Waals surface area contributed by atoms with E-state index in [0.29, 0.717) is 16.6 Å². The topological polar surface area (TPSA) is 20.3 Å². The van der Waals surface area contributed by atoms with E-state index in [2.05, 4.69) is 15.9 Å². The van der Waals surface area contributed by atoms with Gasteiger partial charge < -0.3 is 4.90 Å². The fourth-order valence-corrected chi connectivity index (χ4v) is 3.25. The van der Waals surface area contributed by atoms with Crippen molar-refractivity contribution in [3.05, 3.63) is 34.3 Å². The summed E-state index contributed by atoms with van der Waals surface area (Å²) in [6, 6.07) is 5.84. The average Bonchev–Trinajstić information content (AvgIpc) is 2.74. The Hall–Kier alpha value is -0.540. The summed E-state index contributed by atoms with van der Waals surface area (Å²) in [5.41, 5.74) is 1.72. The van der Waals surface area contributed by atoms with Crippen LogP contribution in [-0.4, -0.2) is 28.7 Å². The molecule has 0 aromatic heterocycles. The Balaban J connectivity index is 2.24. The first-order valence-electron chi connectivity index (χ1n) is 5.76. The van der Waals surface area contributed by atoms with E-state index in [1.165, 1.54) is 0 Å². The Bertz CT molecular complexity index is 415. The van der Waals surface area contributed by atoms with E-state index >= 15 is 0 Å². The van der Waals surface area contributed by atoms with Gasteiger partial charge in [0.2, 0.25) is 0 Å². The molecule has 1 unspecified atom stereocenters. The zero-order valence-corrected chi connectivity index (χ0v) is 12.1. The maximum Gasteiger partial charge on any atom is 0.254 e. The van der Waals surface area contributed by atoms with Gasteiger partial charge in [-0.1, -0.05) is 27.5 Å². The molecule has 0 radical (unpaired) electrons. The lowest BCUT2D eigenvalue weighted by molar-refractivity contribution is 0.0750. The van der Waals surface area contributed by atoms with E-state index in [9.17, 15) is 4.79 Å². The standard InChI is InChI=1S/C13H15BrClNO/c1-9-5-10(7-11(15)6-9)13(17)16-4-2-3-12(16)8-14/h5-7,12H,2-4,8H2,1H3. The second kappa shape index (κ2) is 5.40. The Morgan fingerprint density at radius 3 is 2.94 bits per heavy atom. The number of nitrogens with zero attached hydrogens (tertiary/aromatic N) is 1. The number of halogens is 2. The monoisotopic (exact) mass is 315 g/mol. The van der Waals surface area contributed by atoms with Crippen LogP contribution < -0.4 is 0 Å². The lowest BCUT2D eigenvalue weighted by atomic mass is 10.1. The Morgan fingerprint density at radius 2 is 2.29 bits per heavy atom. The predicted molar refractivity (Wildman–Crippen MR) is 74.0 cm³/mol. The van der Waals surface area contributed by atoms with Crippen LogP contribution in [0.15, 0.2) is 18.2 Å². The quantitative estimate of drug-likeness (QED) is 0.763. The van der Waals surface area contributed by atoms with Gasteiger partial charge in [0.05, 0.1) is 0 Å². The highest BCUT2D eigenvalue weighted by molar-refractivity contribution is 9.09. The minimum absolute atomic E-state index is 0.0950. The number of carbonyl (C=O) groups is 1. The predicted octanol–water partition coefficient (Wildman–Crippen LogP) is 3.65. The summed E-state index contributed by atoms with van der Waals surface area (Å²) in [5, 5.41) is 1.47. The van der Waals surface area contributed by atoms with E-state index in [4.69, 9.17) is 11.6 Å². The highest BCUT2D eigenvalue weighted by Gasteiger charge is 2.28. The van der Waals surface area contributed by atoms with E-state index in [0.717, 1.165) is 30.3 Å². The number of hydrogen-bond acceptors (Lipinski definition) is 1. The fourth-order valence-electron chi connectivity index (χ4n) is 2.29. The largest absolute Gasteiger partial charge is 0.335 e. The molecule has 1 atom stereocenters. The van der Waals surface area contributed by atoms with Crippen molar-refractivity contribution in [2.24, 2.45) is 0 Å². The summed E-state index contributed by atoms with van der Waals surface area (Å²) in [7, 11) is 0. The molecular weight excluding hydrogens is 302 g/mol. The van der Waals surface area contributed by atoms with Crippen molar-refractivity contribution >= 4 is 33.4 Å². The van der Waals surface area contributed by atoms with Gasteiger partial charge in [-0.15, -0.1) is 0 Å². The van der Waals surface area contributed by atoms with Gasteiger partial charge in [-0.3, -0.25) is 4.79 Å². The minimum Gasteiger partial charge on any atom is -0.335 e. The van der Waals surface area contributed by atoms with Gasteiger partial charge >= 0.3 is 0 Å². The van der Waals surface area contributed by atoms with Crippen LogP contribution in [0.25, 0.3) is 0 Å². The maximum atomic E-state index is 12.4. The number of alkyl halides is 1. The van der Waals surface area contributed by atoms with Gasteiger partial charge in [0.25, 0.3) is 5.91 Å². The summed E-state index contributed by atoms with van der Waals surface area (Å²) < 4.78 is 0. The van der Waals surface area contributed by atoms with Crippen LogP contribution in [0.1, 0.15) is 28.8 Å². The first-order valence-corrected chi connectivity index (χ1v) is 7.26. The zero-order chi connectivity index (χ0) is 12.4. The van der Waals surface area contributed by atoms with Crippen molar-refractivity contribution in [2.75, 3.05) is 11.9 Å². The van der Waals surface area contributed by atoms with Gasteiger partial charge in [-0.05, 0) is 43.5 Å². The van der Waals surface area contributed by atoms with Crippen molar-refractivity contribution in [1.82, 2.24) is 4.90 Å². The summed E-state index contributed by atoms with van der Waals surface area (Å²) in [6.45, 7) is 2.80. The summed E-state index contributed by atoms with van der Waals surface area (Å²) in [5.74, 6) is 0.0950. The van der Waals surface area contributed by atoms with Gasteiger partial charge in [0, 0.05) is 28.5 Å². The molecular formula is C13H15BrClNO. The smallest absolute Gasteiger partial charge is 0.254 e. The third-order valence-corrected chi connectivity index (χ3v) is 4.07. The summed E-state index contributed by atoms with van der Waals surface area (Å²) >= 11 is 9.46. The number of aryl methyl sites for hydroxylation is 1. The molecule has 1 saturated heterocycles. The van der Waals surface area contributed by atoms with Crippen LogP contribution in [0.3, 0.4) is 0 Å². The van der Waals surface area contributed by atoms with Crippen molar-refractivity contribution in [3.63, 3.8) is 0 Å². The number of likely N-dealkylation sites (tertiary alicyclic amines) is 1. The number of rotatable bonds is 2. The van der Waals surface area contributed by atoms with Crippen LogP contribution in [-0.2, 0) is 0 Å². The second-order valence-corrected chi connectivity index (χ2v) is 5.55. The molecule has 17 heavy (non-hydrogen) atoms. The third kappa shape index (κ3) is 2.83. The first-order chi connectivity index (χ1) is 8.11. The van der Waals surface area contributed by atoms with Crippen molar-refractivity contribution < 1.29 is 4.79 Å². The second-order valence-electron chi connectivity index (χ2n) is 4.47. The van der Waals surface area contributed by atoms with Crippen LogP contribution in [0, 0.1) is 6.92 Å². The van der Waals surface area contributed by atoms with E-state index in [-0.39, 0.29) is 5.91 Å². The molecule has 0 N–H and O–H groups in total. The summed E-state index contributed by atoms with van der Waals surface area (Å²) in [6.07, 6.45) is 2.16. The normalized spacial score (nSPS) is 19.7. The molecule has 1 aliphatic rings. The third-order valence-electron chi connectivity index (χ3n) is 3.11. The molecule has 2 nitrogen and oxygen atoms in total. The molecule has 0 saturated carbocycles. The number of hydrogen-bond donors (Lipinski definition) is 0. The first kappa shape index (κ1) is 12.9. The minimum atomic E-state index is 0.0950. The Morgan fingerprint density at radius 1 is 1.53 bits per heavy atom. The average molecular weight is 317 g/mol. The number of carbonyl (C=O) groups excluding carboxylic acids is 1. The van der Waals surface area contributed by atoms with Crippen molar-refractivity contribution in [2.45, 2.75) is 25.8 Å². The molecule has 0 spiro atoms. The Kier molecular flexibility index (Phi) is 4.10. The maximum absolute atomic E-state index is 12.4. The Labute approximate surface area is 115 Å². The van der Waals surface area contributed by atoms with Crippen LogP contribution in [0.4, 0.5) is 0 Å². The van der Waals surface area contributed by atoms with Crippen LogP contribution in [0.5, 0.6) is 0 Å². The SMILES string of the molecule is Cc1cc(Cl)cc(C(=O)N2CCCC2CBr)c1.